The van der Waals surface area contributed by atoms with Crippen LogP contribution in [0.15, 0.2) is 82.6 Å². The minimum absolute atomic E-state index is 0.257. The van der Waals surface area contributed by atoms with E-state index >= 15 is 0 Å². The number of hydrogen-bond donors (Lipinski definition) is 0. The monoisotopic (exact) mass is 466 g/mol. The molecule has 0 radical (unpaired) electrons. The molecule has 7 heteroatoms. The Hall–Kier alpha value is -3.16. The van der Waals surface area contributed by atoms with E-state index in [0.29, 0.717) is 12.3 Å². The van der Waals surface area contributed by atoms with Crippen LogP contribution in [0.1, 0.15) is 36.5 Å². The van der Waals surface area contributed by atoms with Gasteiger partial charge in [-0.25, -0.2) is 8.42 Å². The number of hydrogen-bond acceptors (Lipinski definition) is 4. The molecule has 174 valence electrons. The first kappa shape index (κ1) is 24.5. The number of carbonyl (C=O) groups excluding carboxylic acids is 1. The predicted octanol–water partition coefficient (Wildman–Crippen LogP) is 4.83. The van der Waals surface area contributed by atoms with Gasteiger partial charge in [0.25, 0.3) is 0 Å². The van der Waals surface area contributed by atoms with Crippen molar-refractivity contribution in [3.63, 3.8) is 0 Å². The molecule has 0 saturated carbocycles. The Morgan fingerprint density at radius 1 is 0.939 bits per heavy atom. The second-order valence-electron chi connectivity index (χ2n) is 8.15. The number of sulfonamides is 1. The van der Waals surface area contributed by atoms with Crippen molar-refractivity contribution in [2.45, 2.75) is 39.9 Å². The lowest BCUT2D eigenvalue weighted by molar-refractivity contribution is -0.133. The Bertz CT molecular complexity index is 1170. The highest BCUT2D eigenvalue weighted by Gasteiger charge is 2.28. The molecular formula is C26H30N2O4S. The summed E-state index contributed by atoms with van der Waals surface area (Å²) >= 11 is 0. The fourth-order valence-corrected chi connectivity index (χ4v) is 4.76. The van der Waals surface area contributed by atoms with Gasteiger partial charge in [0.1, 0.15) is 11.5 Å². The van der Waals surface area contributed by atoms with E-state index in [9.17, 15) is 13.2 Å². The molecular weight excluding hydrogens is 436 g/mol. The highest BCUT2D eigenvalue weighted by molar-refractivity contribution is 7.92. The van der Waals surface area contributed by atoms with E-state index in [1.165, 1.54) is 4.31 Å². The van der Waals surface area contributed by atoms with E-state index < -0.39 is 10.0 Å². The summed E-state index contributed by atoms with van der Waals surface area (Å²) in [6, 6.07) is 22.1. The van der Waals surface area contributed by atoms with Gasteiger partial charge >= 0.3 is 0 Å². The molecule has 0 saturated heterocycles. The van der Waals surface area contributed by atoms with Crippen molar-refractivity contribution in [3.05, 3.63) is 101 Å². The number of rotatable bonds is 10. The number of amides is 1. The molecule has 0 fully saturated rings. The van der Waals surface area contributed by atoms with Crippen LogP contribution in [0.2, 0.25) is 0 Å². The maximum atomic E-state index is 13.3. The van der Waals surface area contributed by atoms with Crippen molar-refractivity contribution in [2.75, 3.05) is 6.54 Å². The summed E-state index contributed by atoms with van der Waals surface area (Å²) in [5, 5.41) is 1.16. The number of furan rings is 1. The van der Waals surface area contributed by atoms with Gasteiger partial charge in [-0.1, -0.05) is 60.7 Å². The van der Waals surface area contributed by atoms with Crippen LogP contribution < -0.4 is 0 Å². The lowest BCUT2D eigenvalue weighted by Crippen LogP contribution is -2.44. The van der Waals surface area contributed by atoms with Gasteiger partial charge in [-0.15, -0.1) is 0 Å². The van der Waals surface area contributed by atoms with Crippen molar-refractivity contribution < 1.29 is 17.6 Å². The molecule has 1 aromatic heterocycles. The molecule has 6 nitrogen and oxygen atoms in total. The van der Waals surface area contributed by atoms with Gasteiger partial charge in [0, 0.05) is 18.0 Å². The number of carbonyl (C=O) groups is 1. The van der Waals surface area contributed by atoms with E-state index in [1.807, 2.05) is 79.7 Å². The van der Waals surface area contributed by atoms with Gasteiger partial charge in [-0.05, 0) is 50.1 Å². The fourth-order valence-electron chi connectivity index (χ4n) is 3.40. The Balaban J connectivity index is 1.81. The van der Waals surface area contributed by atoms with Crippen molar-refractivity contribution >= 4 is 22.0 Å². The first-order chi connectivity index (χ1) is 15.7. The average molecular weight is 467 g/mol. The van der Waals surface area contributed by atoms with Crippen LogP contribution in [0, 0.1) is 6.92 Å². The lowest BCUT2D eigenvalue weighted by atomic mass is 10.2. The minimum atomic E-state index is -3.81. The molecule has 1 amide bonds. The van der Waals surface area contributed by atoms with Gasteiger partial charge in [-0.3, -0.25) is 4.79 Å². The summed E-state index contributed by atoms with van der Waals surface area (Å²) in [6.07, 6.45) is 1.54. The molecule has 0 atom stereocenters. The molecule has 0 bridgehead atoms. The molecule has 0 aliphatic rings. The highest BCUT2D eigenvalue weighted by Crippen LogP contribution is 2.16. The molecule has 0 unspecified atom stereocenters. The van der Waals surface area contributed by atoms with Crippen molar-refractivity contribution in [1.82, 2.24) is 9.21 Å². The zero-order valence-electron chi connectivity index (χ0n) is 19.2. The maximum absolute atomic E-state index is 13.3. The molecule has 2 aromatic carbocycles. The van der Waals surface area contributed by atoms with Gasteiger partial charge in [0.2, 0.25) is 15.9 Å². The lowest BCUT2D eigenvalue weighted by Gasteiger charge is -2.28. The first-order valence-electron chi connectivity index (χ1n) is 10.9. The molecule has 0 aliphatic carbocycles. The predicted molar refractivity (Wildman–Crippen MR) is 130 cm³/mol. The standard InChI is InChI=1S/C26H30N2O4S/c1-21(2)28(33(30,31)17-16-23-10-6-4-7-11-23)20-26(29)27(18-24-12-8-5-9-13-24)19-25-15-14-22(3)32-25/h4-17,21H,18-20H2,1-3H3/b17-16+. The van der Waals surface area contributed by atoms with E-state index in [-0.39, 0.29) is 25.0 Å². The van der Waals surface area contributed by atoms with Crippen LogP contribution in [-0.2, 0) is 27.9 Å². The smallest absolute Gasteiger partial charge is 0.238 e. The van der Waals surface area contributed by atoms with Crippen molar-refractivity contribution in [1.29, 1.82) is 0 Å². The molecule has 0 spiro atoms. The largest absolute Gasteiger partial charge is 0.464 e. The third kappa shape index (κ3) is 7.17. The van der Waals surface area contributed by atoms with E-state index in [0.717, 1.165) is 22.3 Å². The van der Waals surface area contributed by atoms with Crippen LogP contribution in [0.3, 0.4) is 0 Å². The summed E-state index contributed by atoms with van der Waals surface area (Å²) in [5.41, 5.74) is 1.73. The summed E-state index contributed by atoms with van der Waals surface area (Å²) in [5.74, 6) is 1.12. The van der Waals surface area contributed by atoms with E-state index in [4.69, 9.17) is 4.42 Å². The van der Waals surface area contributed by atoms with Gasteiger partial charge in [-0.2, -0.15) is 4.31 Å². The fraction of sp³-hybridized carbons (Fsp3) is 0.269. The van der Waals surface area contributed by atoms with Crippen molar-refractivity contribution in [3.8, 4) is 0 Å². The van der Waals surface area contributed by atoms with Crippen LogP contribution in [0.4, 0.5) is 0 Å². The second-order valence-corrected chi connectivity index (χ2v) is 9.92. The third-order valence-corrected chi connectivity index (χ3v) is 6.82. The van der Waals surface area contributed by atoms with Gasteiger partial charge in [0.15, 0.2) is 0 Å². The molecule has 0 aliphatic heterocycles. The zero-order valence-corrected chi connectivity index (χ0v) is 20.0. The second kappa shape index (κ2) is 11.1. The molecule has 0 N–H and O–H groups in total. The van der Waals surface area contributed by atoms with Gasteiger partial charge in [0.05, 0.1) is 13.1 Å². The topological polar surface area (TPSA) is 70.8 Å². The summed E-state index contributed by atoms with van der Waals surface area (Å²) in [4.78, 5) is 15.0. The van der Waals surface area contributed by atoms with Gasteiger partial charge < -0.3 is 9.32 Å². The Kier molecular flexibility index (Phi) is 8.25. The summed E-state index contributed by atoms with van der Waals surface area (Å²) in [7, 11) is -3.81. The van der Waals surface area contributed by atoms with Crippen LogP contribution in [-0.4, -0.2) is 36.1 Å². The number of benzene rings is 2. The zero-order chi connectivity index (χ0) is 23.8. The molecule has 1 heterocycles. The molecule has 3 rings (SSSR count). The highest BCUT2D eigenvalue weighted by atomic mass is 32.2. The average Bonchev–Trinajstić information content (AvgIpc) is 3.21. The molecule has 3 aromatic rings. The number of aryl methyl sites for hydroxylation is 1. The van der Waals surface area contributed by atoms with E-state index in [2.05, 4.69) is 0 Å². The normalized spacial score (nSPS) is 12.0. The van der Waals surface area contributed by atoms with Crippen molar-refractivity contribution in [2.24, 2.45) is 0 Å². The molecule has 33 heavy (non-hydrogen) atoms. The summed E-state index contributed by atoms with van der Waals surface area (Å²) in [6.45, 7) is 5.72. The summed E-state index contributed by atoms with van der Waals surface area (Å²) < 4.78 is 33.0. The van der Waals surface area contributed by atoms with Crippen LogP contribution in [0.5, 0.6) is 0 Å². The first-order valence-corrected chi connectivity index (χ1v) is 12.4. The Morgan fingerprint density at radius 2 is 1.58 bits per heavy atom. The van der Waals surface area contributed by atoms with Crippen LogP contribution >= 0.6 is 0 Å². The van der Waals surface area contributed by atoms with E-state index in [1.54, 1.807) is 24.8 Å². The Labute approximate surface area is 196 Å². The third-order valence-electron chi connectivity index (χ3n) is 5.14. The maximum Gasteiger partial charge on any atom is 0.238 e. The minimum Gasteiger partial charge on any atom is -0.464 e. The van der Waals surface area contributed by atoms with Crippen LogP contribution in [0.25, 0.3) is 6.08 Å². The Morgan fingerprint density at radius 3 is 2.15 bits per heavy atom. The SMILES string of the molecule is Cc1ccc(CN(Cc2ccccc2)C(=O)CN(C(C)C)S(=O)(=O)/C=C/c2ccccc2)o1. The quantitative estimate of drug-likeness (QED) is 0.429. The number of nitrogens with zero attached hydrogens (tertiary/aromatic N) is 2.